The fourth-order valence-electron chi connectivity index (χ4n) is 2.18. The number of nitrogens with zero attached hydrogens (tertiary/aromatic N) is 2. The molecule has 0 aliphatic heterocycles. The van der Waals surface area contributed by atoms with Crippen molar-refractivity contribution in [1.82, 2.24) is 5.32 Å². The largest absolute Gasteiger partial charge is 0.493 e. The molecule has 25 heavy (non-hydrogen) atoms. The Hall–Kier alpha value is -3.60. The van der Waals surface area contributed by atoms with Gasteiger partial charge in [-0.05, 0) is 17.7 Å². The number of hydrogen-bond acceptors (Lipinski definition) is 6. The number of carbonyl (C=O) groups is 1. The van der Waals surface area contributed by atoms with Gasteiger partial charge in [0, 0.05) is 12.6 Å². The van der Waals surface area contributed by atoms with Crippen LogP contribution in [0.5, 0.6) is 11.5 Å². The first kappa shape index (κ1) is 17.7. The molecule has 0 fully saturated rings. The molecular weight excluding hydrogens is 326 g/mol. The molecule has 0 radical (unpaired) electrons. The van der Waals surface area contributed by atoms with Crippen LogP contribution < -0.4 is 14.8 Å². The number of carbonyl (C=O) groups excluding carboxylic acids is 1. The minimum absolute atomic E-state index is 0.128. The Morgan fingerprint density at radius 2 is 1.80 bits per heavy atom. The fourth-order valence-corrected chi connectivity index (χ4v) is 2.18. The quantitative estimate of drug-likeness (QED) is 0.637. The second-order valence-corrected chi connectivity index (χ2v) is 4.97. The zero-order chi connectivity index (χ0) is 18.4. The maximum absolute atomic E-state index is 12.4. The van der Waals surface area contributed by atoms with Gasteiger partial charge in [-0.2, -0.15) is 5.26 Å². The van der Waals surface area contributed by atoms with E-state index >= 15 is 0 Å². The predicted octanol–water partition coefficient (Wildman–Crippen LogP) is 2.41. The minimum Gasteiger partial charge on any atom is -0.493 e. The van der Waals surface area contributed by atoms with E-state index in [-0.39, 0.29) is 29.3 Å². The normalized spacial score (nSPS) is 9.80. The van der Waals surface area contributed by atoms with Gasteiger partial charge in [0.2, 0.25) is 0 Å². The Labute approximate surface area is 143 Å². The molecule has 0 spiro atoms. The average Bonchev–Trinajstić information content (AvgIpc) is 2.65. The van der Waals surface area contributed by atoms with Crippen molar-refractivity contribution >= 4 is 11.6 Å². The molecule has 8 heteroatoms. The molecule has 0 bridgehead atoms. The van der Waals surface area contributed by atoms with Crippen LogP contribution in [0.15, 0.2) is 36.4 Å². The van der Waals surface area contributed by atoms with Crippen molar-refractivity contribution in [1.29, 1.82) is 5.26 Å². The lowest BCUT2D eigenvalue weighted by Gasteiger charge is -2.11. The van der Waals surface area contributed by atoms with Gasteiger partial charge in [-0.25, -0.2) is 0 Å². The van der Waals surface area contributed by atoms with Gasteiger partial charge in [0.1, 0.15) is 5.56 Å². The maximum Gasteiger partial charge on any atom is 0.286 e. The number of nitrogens with one attached hydrogen (secondary N) is 1. The topological polar surface area (TPSA) is 114 Å². The highest BCUT2D eigenvalue weighted by Crippen LogP contribution is 2.34. The summed E-state index contributed by atoms with van der Waals surface area (Å²) in [6.07, 6.45) is 0. The summed E-state index contributed by atoms with van der Waals surface area (Å²) in [6, 6.07) is 11.1. The smallest absolute Gasteiger partial charge is 0.286 e. The van der Waals surface area contributed by atoms with Gasteiger partial charge in [0.25, 0.3) is 11.6 Å². The van der Waals surface area contributed by atoms with Crippen LogP contribution in [0.25, 0.3) is 0 Å². The molecule has 0 heterocycles. The molecule has 8 nitrogen and oxygen atoms in total. The van der Waals surface area contributed by atoms with Gasteiger partial charge in [0.15, 0.2) is 11.5 Å². The molecule has 1 N–H and O–H groups in total. The number of rotatable bonds is 6. The Morgan fingerprint density at radius 1 is 1.20 bits per heavy atom. The highest BCUT2D eigenvalue weighted by Gasteiger charge is 2.24. The second-order valence-electron chi connectivity index (χ2n) is 4.97. The average molecular weight is 341 g/mol. The number of nitro groups is 1. The number of benzene rings is 2. The monoisotopic (exact) mass is 341 g/mol. The fraction of sp³-hybridized carbons (Fsp3) is 0.176. The van der Waals surface area contributed by atoms with Crippen LogP contribution >= 0.6 is 0 Å². The SMILES string of the molecule is COc1cc(C(=O)NCc2ccc(C#N)cc2)c([N+](=O)[O-])cc1OC. The molecule has 0 saturated heterocycles. The van der Waals surface area contributed by atoms with Crippen LogP contribution in [0.1, 0.15) is 21.5 Å². The van der Waals surface area contributed by atoms with Crippen molar-refractivity contribution in [3.8, 4) is 17.6 Å². The Morgan fingerprint density at radius 3 is 2.32 bits per heavy atom. The first-order valence-corrected chi connectivity index (χ1v) is 7.17. The van der Waals surface area contributed by atoms with Crippen molar-refractivity contribution in [3.63, 3.8) is 0 Å². The van der Waals surface area contributed by atoms with E-state index in [9.17, 15) is 14.9 Å². The standard InChI is InChI=1S/C17H15N3O5/c1-24-15-7-13(14(20(22)23)8-16(15)25-2)17(21)19-10-12-5-3-11(9-18)4-6-12/h3-8H,10H2,1-2H3,(H,19,21). The third-order valence-electron chi connectivity index (χ3n) is 3.48. The summed E-state index contributed by atoms with van der Waals surface area (Å²) >= 11 is 0. The third kappa shape index (κ3) is 4.03. The highest BCUT2D eigenvalue weighted by atomic mass is 16.6. The van der Waals surface area contributed by atoms with E-state index < -0.39 is 10.8 Å². The van der Waals surface area contributed by atoms with Crippen molar-refractivity contribution in [2.24, 2.45) is 0 Å². The van der Waals surface area contributed by atoms with Gasteiger partial charge >= 0.3 is 0 Å². The van der Waals surface area contributed by atoms with Crippen LogP contribution in [-0.2, 0) is 6.54 Å². The first-order chi connectivity index (χ1) is 12.0. The number of hydrogen-bond donors (Lipinski definition) is 1. The van der Waals surface area contributed by atoms with E-state index in [0.29, 0.717) is 5.56 Å². The van der Waals surface area contributed by atoms with E-state index in [1.807, 2.05) is 6.07 Å². The van der Waals surface area contributed by atoms with Gasteiger partial charge < -0.3 is 14.8 Å². The number of ether oxygens (including phenoxy) is 2. The first-order valence-electron chi connectivity index (χ1n) is 7.17. The summed E-state index contributed by atoms with van der Waals surface area (Å²) in [5.41, 5.74) is 0.757. The summed E-state index contributed by atoms with van der Waals surface area (Å²) in [5, 5.41) is 22.6. The molecule has 0 saturated carbocycles. The lowest BCUT2D eigenvalue weighted by molar-refractivity contribution is -0.385. The predicted molar refractivity (Wildman–Crippen MR) is 88.5 cm³/mol. The van der Waals surface area contributed by atoms with E-state index in [4.69, 9.17) is 14.7 Å². The second kappa shape index (κ2) is 7.79. The number of methoxy groups -OCH3 is 2. The maximum atomic E-state index is 12.4. The van der Waals surface area contributed by atoms with Gasteiger partial charge in [-0.15, -0.1) is 0 Å². The molecule has 0 aliphatic carbocycles. The number of amides is 1. The van der Waals surface area contributed by atoms with E-state index in [2.05, 4.69) is 5.32 Å². The van der Waals surface area contributed by atoms with Crippen molar-refractivity contribution in [2.75, 3.05) is 14.2 Å². The molecule has 2 aromatic rings. The molecule has 1 amide bonds. The minimum atomic E-state index is -0.654. The Balaban J connectivity index is 2.25. The molecule has 0 atom stereocenters. The Kier molecular flexibility index (Phi) is 5.53. The van der Waals surface area contributed by atoms with Crippen molar-refractivity contribution < 1.29 is 19.2 Å². The van der Waals surface area contributed by atoms with Crippen LogP contribution in [0, 0.1) is 21.4 Å². The molecule has 0 aromatic heterocycles. The zero-order valence-corrected chi connectivity index (χ0v) is 13.6. The van der Waals surface area contributed by atoms with Gasteiger partial charge in [0.05, 0.1) is 36.8 Å². The van der Waals surface area contributed by atoms with Gasteiger partial charge in [-0.1, -0.05) is 12.1 Å². The molecule has 2 aromatic carbocycles. The number of nitriles is 1. The Bertz CT molecular complexity index is 841. The molecule has 0 aliphatic rings. The van der Waals surface area contributed by atoms with Crippen LogP contribution in [0.2, 0.25) is 0 Å². The van der Waals surface area contributed by atoms with Crippen molar-refractivity contribution in [3.05, 3.63) is 63.2 Å². The summed E-state index contributed by atoms with van der Waals surface area (Å²) < 4.78 is 10.1. The summed E-state index contributed by atoms with van der Waals surface area (Å²) in [4.78, 5) is 23.0. The third-order valence-corrected chi connectivity index (χ3v) is 3.48. The van der Waals surface area contributed by atoms with E-state index in [0.717, 1.165) is 11.6 Å². The van der Waals surface area contributed by atoms with E-state index in [1.165, 1.54) is 20.3 Å². The lowest BCUT2D eigenvalue weighted by Crippen LogP contribution is -2.23. The number of nitro benzene ring substituents is 1. The van der Waals surface area contributed by atoms with Crippen LogP contribution in [0.3, 0.4) is 0 Å². The van der Waals surface area contributed by atoms with E-state index in [1.54, 1.807) is 24.3 Å². The molecule has 128 valence electrons. The highest BCUT2D eigenvalue weighted by molar-refractivity contribution is 5.99. The molecule has 0 unspecified atom stereocenters. The lowest BCUT2D eigenvalue weighted by atomic mass is 10.1. The van der Waals surface area contributed by atoms with Crippen LogP contribution in [-0.4, -0.2) is 25.1 Å². The van der Waals surface area contributed by atoms with Crippen molar-refractivity contribution in [2.45, 2.75) is 6.54 Å². The molecular formula is C17H15N3O5. The summed E-state index contributed by atoms with van der Waals surface area (Å²) in [7, 11) is 2.73. The summed E-state index contributed by atoms with van der Waals surface area (Å²) in [5.74, 6) is -0.230. The molecule has 2 rings (SSSR count). The summed E-state index contributed by atoms with van der Waals surface area (Å²) in [6.45, 7) is 0.163. The van der Waals surface area contributed by atoms with Crippen LogP contribution in [0.4, 0.5) is 5.69 Å². The van der Waals surface area contributed by atoms with Gasteiger partial charge in [-0.3, -0.25) is 14.9 Å². The zero-order valence-electron chi connectivity index (χ0n) is 13.6.